The number of fused-ring (bicyclic) bond motifs is 1. The lowest BCUT2D eigenvalue weighted by Gasteiger charge is -2.28. The molecular formula is C14H19NO. The third kappa shape index (κ3) is 1.97. The third-order valence-corrected chi connectivity index (χ3v) is 3.62. The largest absolute Gasteiger partial charge is 0.353 e. The molecule has 0 bridgehead atoms. The summed E-state index contributed by atoms with van der Waals surface area (Å²) in [5.74, 6) is 0.516. The number of carbonyl (C=O) groups excluding carboxylic acids is 1. The van der Waals surface area contributed by atoms with Crippen molar-refractivity contribution in [2.45, 2.75) is 39.2 Å². The monoisotopic (exact) mass is 217 g/mol. The lowest BCUT2D eigenvalue weighted by Crippen LogP contribution is -2.41. The maximum absolute atomic E-state index is 11.9. The van der Waals surface area contributed by atoms with Crippen molar-refractivity contribution < 1.29 is 4.79 Å². The van der Waals surface area contributed by atoms with Crippen LogP contribution in [0.5, 0.6) is 0 Å². The van der Waals surface area contributed by atoms with Gasteiger partial charge in [0.2, 0.25) is 5.91 Å². The summed E-state index contributed by atoms with van der Waals surface area (Å²) in [7, 11) is 0. The molecule has 16 heavy (non-hydrogen) atoms. The number of nitrogens with one attached hydrogen (secondary N) is 1. The molecule has 2 rings (SSSR count). The molecule has 1 aromatic carbocycles. The Kier molecular flexibility index (Phi) is 2.99. The maximum Gasteiger partial charge on any atom is 0.223 e. The van der Waals surface area contributed by atoms with E-state index in [1.54, 1.807) is 0 Å². The maximum atomic E-state index is 11.9. The fraction of sp³-hybridized carbons (Fsp3) is 0.500. The molecule has 2 nitrogen and oxygen atoms in total. The summed E-state index contributed by atoms with van der Waals surface area (Å²) in [6.45, 7) is 6.21. The molecule has 0 aromatic heterocycles. The van der Waals surface area contributed by atoms with Crippen molar-refractivity contribution in [3.63, 3.8) is 0 Å². The van der Waals surface area contributed by atoms with Gasteiger partial charge in [0.1, 0.15) is 0 Å². The zero-order valence-electron chi connectivity index (χ0n) is 10.2. The molecule has 0 aliphatic carbocycles. The zero-order chi connectivity index (χ0) is 11.7. The molecular weight excluding hydrogens is 198 g/mol. The average Bonchev–Trinajstić information content (AvgIpc) is 2.26. The van der Waals surface area contributed by atoms with Crippen LogP contribution in [0, 0.1) is 5.92 Å². The molecule has 1 aliphatic rings. The summed E-state index contributed by atoms with van der Waals surface area (Å²) < 4.78 is 0. The molecule has 3 atom stereocenters. The van der Waals surface area contributed by atoms with Gasteiger partial charge < -0.3 is 5.32 Å². The molecule has 1 aliphatic heterocycles. The van der Waals surface area contributed by atoms with Crippen molar-refractivity contribution in [1.82, 2.24) is 5.32 Å². The molecule has 1 heterocycles. The van der Waals surface area contributed by atoms with Crippen LogP contribution in [0.15, 0.2) is 24.3 Å². The Bertz CT molecular complexity index is 399. The van der Waals surface area contributed by atoms with Crippen LogP contribution in [0.25, 0.3) is 0 Å². The van der Waals surface area contributed by atoms with Gasteiger partial charge in [0.15, 0.2) is 0 Å². The topological polar surface area (TPSA) is 29.1 Å². The normalized spacial score (nSPS) is 29.9. The van der Waals surface area contributed by atoms with E-state index in [1.807, 2.05) is 6.92 Å². The quantitative estimate of drug-likeness (QED) is 0.710. The van der Waals surface area contributed by atoms with Crippen LogP contribution in [0.1, 0.15) is 37.8 Å². The first-order chi connectivity index (χ1) is 7.59. The van der Waals surface area contributed by atoms with E-state index in [4.69, 9.17) is 0 Å². The van der Waals surface area contributed by atoms with Crippen molar-refractivity contribution in [3.8, 4) is 0 Å². The van der Waals surface area contributed by atoms with Crippen LogP contribution in [-0.4, -0.2) is 11.9 Å². The smallest absolute Gasteiger partial charge is 0.223 e. The Morgan fingerprint density at radius 3 is 2.56 bits per heavy atom. The molecule has 0 spiro atoms. The van der Waals surface area contributed by atoms with Gasteiger partial charge in [-0.1, -0.05) is 38.1 Å². The minimum atomic E-state index is 0.0453. The number of amides is 1. The van der Waals surface area contributed by atoms with Gasteiger partial charge in [-0.15, -0.1) is 0 Å². The number of rotatable bonds is 0. The van der Waals surface area contributed by atoms with Crippen LogP contribution in [-0.2, 0) is 11.2 Å². The summed E-state index contributed by atoms with van der Waals surface area (Å²) in [5, 5.41) is 3.06. The number of hydrogen-bond acceptors (Lipinski definition) is 1. The molecule has 86 valence electrons. The highest BCUT2D eigenvalue weighted by Gasteiger charge is 2.27. The van der Waals surface area contributed by atoms with E-state index in [2.05, 4.69) is 43.4 Å². The van der Waals surface area contributed by atoms with Gasteiger partial charge in [-0.25, -0.2) is 0 Å². The molecule has 0 saturated carbocycles. The van der Waals surface area contributed by atoms with E-state index in [-0.39, 0.29) is 17.9 Å². The van der Waals surface area contributed by atoms with Crippen molar-refractivity contribution in [3.05, 3.63) is 35.4 Å². The van der Waals surface area contributed by atoms with Crippen molar-refractivity contribution in [1.29, 1.82) is 0 Å². The van der Waals surface area contributed by atoms with Crippen molar-refractivity contribution >= 4 is 5.91 Å². The second-order valence-corrected chi connectivity index (χ2v) is 4.89. The summed E-state index contributed by atoms with van der Waals surface area (Å²) in [6, 6.07) is 8.69. The molecule has 3 unspecified atom stereocenters. The summed E-state index contributed by atoms with van der Waals surface area (Å²) >= 11 is 0. The molecule has 0 radical (unpaired) electrons. The molecule has 0 saturated heterocycles. The van der Waals surface area contributed by atoms with E-state index < -0.39 is 0 Å². The highest BCUT2D eigenvalue weighted by atomic mass is 16.1. The standard InChI is InChI=1S/C14H19NO/c1-9-8-12-6-4-5-7-13(12)10(2)11(3)14(16)15-9/h4-7,9-11H,8H2,1-3H3,(H,15,16). The third-order valence-electron chi connectivity index (χ3n) is 3.62. The summed E-state index contributed by atoms with van der Waals surface area (Å²) in [5.41, 5.74) is 2.70. The van der Waals surface area contributed by atoms with E-state index in [9.17, 15) is 4.79 Å². The second kappa shape index (κ2) is 4.28. The van der Waals surface area contributed by atoms with E-state index in [0.717, 1.165) is 6.42 Å². The summed E-state index contributed by atoms with van der Waals surface area (Å²) in [6.07, 6.45) is 0.930. The van der Waals surface area contributed by atoms with Crippen LogP contribution < -0.4 is 5.32 Å². The van der Waals surface area contributed by atoms with Crippen LogP contribution in [0.4, 0.5) is 0 Å². The van der Waals surface area contributed by atoms with Gasteiger partial charge in [0.25, 0.3) is 0 Å². The zero-order valence-corrected chi connectivity index (χ0v) is 10.2. The minimum Gasteiger partial charge on any atom is -0.353 e. The minimum absolute atomic E-state index is 0.0453. The molecule has 0 fully saturated rings. The average molecular weight is 217 g/mol. The predicted octanol–water partition coefficient (Wildman–Crippen LogP) is 2.49. The van der Waals surface area contributed by atoms with Crippen LogP contribution in [0.2, 0.25) is 0 Å². The van der Waals surface area contributed by atoms with Gasteiger partial charge >= 0.3 is 0 Å². The Morgan fingerprint density at radius 1 is 1.12 bits per heavy atom. The first-order valence-corrected chi connectivity index (χ1v) is 5.97. The first kappa shape index (κ1) is 11.2. The lowest BCUT2D eigenvalue weighted by atomic mass is 9.82. The van der Waals surface area contributed by atoms with Gasteiger partial charge in [0.05, 0.1) is 0 Å². The molecule has 2 heteroatoms. The van der Waals surface area contributed by atoms with E-state index in [1.165, 1.54) is 11.1 Å². The van der Waals surface area contributed by atoms with Gasteiger partial charge in [-0.3, -0.25) is 4.79 Å². The molecule has 1 aromatic rings. The van der Waals surface area contributed by atoms with Crippen LogP contribution >= 0.6 is 0 Å². The Labute approximate surface area is 97.1 Å². The summed E-state index contributed by atoms with van der Waals surface area (Å²) in [4.78, 5) is 11.9. The SMILES string of the molecule is CC1Cc2ccccc2C(C)C(C)C(=O)N1. The van der Waals surface area contributed by atoms with Crippen molar-refractivity contribution in [2.24, 2.45) is 5.92 Å². The molecule has 1 amide bonds. The Hall–Kier alpha value is -1.31. The predicted molar refractivity (Wildman–Crippen MR) is 65.3 cm³/mol. The van der Waals surface area contributed by atoms with Gasteiger partial charge in [-0.05, 0) is 30.4 Å². The highest BCUT2D eigenvalue weighted by molar-refractivity contribution is 5.80. The van der Waals surface area contributed by atoms with Gasteiger partial charge in [-0.2, -0.15) is 0 Å². The van der Waals surface area contributed by atoms with Crippen molar-refractivity contribution in [2.75, 3.05) is 0 Å². The molecule has 1 N–H and O–H groups in total. The number of benzene rings is 1. The van der Waals surface area contributed by atoms with Crippen LogP contribution in [0.3, 0.4) is 0 Å². The second-order valence-electron chi connectivity index (χ2n) is 4.89. The highest BCUT2D eigenvalue weighted by Crippen LogP contribution is 2.29. The lowest BCUT2D eigenvalue weighted by molar-refractivity contribution is -0.125. The number of carbonyl (C=O) groups is 1. The Morgan fingerprint density at radius 2 is 1.81 bits per heavy atom. The fourth-order valence-electron chi connectivity index (χ4n) is 2.42. The number of hydrogen-bond donors (Lipinski definition) is 1. The van der Waals surface area contributed by atoms with Gasteiger partial charge in [0, 0.05) is 12.0 Å². The Balaban J connectivity index is 2.43. The fourth-order valence-corrected chi connectivity index (χ4v) is 2.42. The van der Waals surface area contributed by atoms with E-state index in [0.29, 0.717) is 5.92 Å². The first-order valence-electron chi connectivity index (χ1n) is 5.97. The van der Waals surface area contributed by atoms with E-state index >= 15 is 0 Å².